The quantitative estimate of drug-likeness (QED) is 0.648. The minimum atomic E-state index is 0.0601. The van der Waals surface area contributed by atoms with Crippen LogP contribution in [0.4, 0.5) is 0 Å². The molecule has 1 aliphatic carbocycles. The molecule has 0 aromatic carbocycles. The number of carbonyl (C=O) groups excluding carboxylic acids is 1. The highest BCUT2D eigenvalue weighted by Crippen LogP contribution is 2.25. The summed E-state index contributed by atoms with van der Waals surface area (Å²) in [6, 6.07) is 0. The molecule has 0 aliphatic heterocycles. The number of hydrogen-bond acceptors (Lipinski definition) is 2. The largest absolute Gasteiger partial charge is 0.341 e. The van der Waals surface area contributed by atoms with Crippen molar-refractivity contribution in [2.75, 3.05) is 7.05 Å². The molecule has 3 nitrogen and oxygen atoms in total. The fourth-order valence-electron chi connectivity index (χ4n) is 2.11. The van der Waals surface area contributed by atoms with Gasteiger partial charge in [-0.15, -0.1) is 0 Å². The van der Waals surface area contributed by atoms with Crippen LogP contribution in [0.1, 0.15) is 39.0 Å². The van der Waals surface area contributed by atoms with Gasteiger partial charge in [0.2, 0.25) is 5.91 Å². The highest BCUT2D eigenvalue weighted by molar-refractivity contribution is 5.73. The lowest BCUT2D eigenvalue weighted by Crippen LogP contribution is -2.48. The van der Waals surface area contributed by atoms with Crippen molar-refractivity contribution in [1.29, 1.82) is 0 Å². The minimum absolute atomic E-state index is 0.0601. The van der Waals surface area contributed by atoms with E-state index in [0.717, 1.165) is 0 Å². The van der Waals surface area contributed by atoms with E-state index in [-0.39, 0.29) is 12.1 Å². The number of amides is 1. The van der Waals surface area contributed by atoms with Crippen molar-refractivity contribution in [1.82, 2.24) is 10.6 Å². The molecule has 1 amide bonds. The van der Waals surface area contributed by atoms with Crippen molar-refractivity contribution >= 4 is 5.91 Å². The Labute approximate surface area is 80.3 Å². The average molecular weight is 184 g/mol. The molecule has 0 aromatic heterocycles. The van der Waals surface area contributed by atoms with Gasteiger partial charge in [-0.3, -0.25) is 4.79 Å². The molecular weight excluding hydrogens is 164 g/mol. The van der Waals surface area contributed by atoms with E-state index >= 15 is 0 Å². The Kier molecular flexibility index (Phi) is 4.22. The Bertz CT molecular complexity index is 164. The zero-order chi connectivity index (χ0) is 9.68. The lowest BCUT2D eigenvalue weighted by atomic mass is 9.87. The summed E-state index contributed by atoms with van der Waals surface area (Å²) in [7, 11) is 1.91. The second-order valence-electron chi connectivity index (χ2n) is 3.86. The molecule has 0 radical (unpaired) electrons. The normalized spacial score (nSPS) is 21.1. The summed E-state index contributed by atoms with van der Waals surface area (Å²) in [5.41, 5.74) is 0. The Morgan fingerprint density at radius 3 is 2.38 bits per heavy atom. The zero-order valence-electron chi connectivity index (χ0n) is 8.60. The van der Waals surface area contributed by atoms with E-state index in [4.69, 9.17) is 0 Å². The van der Waals surface area contributed by atoms with Crippen LogP contribution in [0.25, 0.3) is 0 Å². The fourth-order valence-corrected chi connectivity index (χ4v) is 2.11. The maximum Gasteiger partial charge on any atom is 0.218 e. The molecule has 1 atom stereocenters. The van der Waals surface area contributed by atoms with Gasteiger partial charge in [0.1, 0.15) is 0 Å². The zero-order valence-corrected chi connectivity index (χ0v) is 8.60. The second-order valence-corrected chi connectivity index (χ2v) is 3.86. The first-order valence-electron chi connectivity index (χ1n) is 5.18. The van der Waals surface area contributed by atoms with Crippen LogP contribution in [-0.2, 0) is 4.79 Å². The summed E-state index contributed by atoms with van der Waals surface area (Å²) in [5, 5.41) is 6.12. The first-order valence-corrected chi connectivity index (χ1v) is 5.18. The van der Waals surface area contributed by atoms with Crippen LogP contribution < -0.4 is 10.6 Å². The number of hydrogen-bond donors (Lipinski definition) is 2. The summed E-state index contributed by atoms with van der Waals surface area (Å²) >= 11 is 0. The molecule has 1 aliphatic rings. The van der Waals surface area contributed by atoms with Gasteiger partial charge in [0, 0.05) is 6.92 Å². The van der Waals surface area contributed by atoms with Crippen molar-refractivity contribution in [3.8, 4) is 0 Å². The van der Waals surface area contributed by atoms with E-state index in [0.29, 0.717) is 5.92 Å². The van der Waals surface area contributed by atoms with Crippen molar-refractivity contribution in [3.63, 3.8) is 0 Å². The third-order valence-corrected chi connectivity index (χ3v) is 2.79. The SMILES string of the molecule is CNC(NC(C)=O)C1CCCCC1. The monoisotopic (exact) mass is 184 g/mol. The van der Waals surface area contributed by atoms with Gasteiger partial charge in [-0.25, -0.2) is 0 Å². The number of rotatable bonds is 3. The molecule has 1 fully saturated rings. The molecule has 0 saturated heterocycles. The van der Waals surface area contributed by atoms with Crippen LogP contribution in [0.2, 0.25) is 0 Å². The van der Waals surface area contributed by atoms with Crippen LogP contribution in [-0.4, -0.2) is 19.1 Å². The standard InChI is InChI=1S/C10H20N2O/c1-8(13)12-10(11-2)9-6-4-3-5-7-9/h9-11H,3-7H2,1-2H3,(H,12,13). The lowest BCUT2D eigenvalue weighted by molar-refractivity contribution is -0.120. The van der Waals surface area contributed by atoms with Crippen molar-refractivity contribution in [3.05, 3.63) is 0 Å². The van der Waals surface area contributed by atoms with Gasteiger partial charge in [0.25, 0.3) is 0 Å². The van der Waals surface area contributed by atoms with Crippen molar-refractivity contribution < 1.29 is 4.79 Å². The summed E-state index contributed by atoms with van der Waals surface area (Å²) < 4.78 is 0. The predicted octanol–water partition coefficient (Wildman–Crippen LogP) is 1.25. The Morgan fingerprint density at radius 2 is 1.92 bits per heavy atom. The van der Waals surface area contributed by atoms with Crippen molar-refractivity contribution in [2.24, 2.45) is 5.92 Å². The molecule has 0 bridgehead atoms. The highest BCUT2D eigenvalue weighted by Gasteiger charge is 2.22. The molecule has 3 heteroatoms. The molecule has 1 saturated carbocycles. The Hall–Kier alpha value is -0.570. The molecule has 76 valence electrons. The average Bonchev–Trinajstić information content (AvgIpc) is 2.15. The van der Waals surface area contributed by atoms with Crippen LogP contribution in [0.3, 0.4) is 0 Å². The van der Waals surface area contributed by atoms with Gasteiger partial charge < -0.3 is 10.6 Å². The summed E-state index contributed by atoms with van der Waals surface area (Å²) in [4.78, 5) is 10.9. The summed E-state index contributed by atoms with van der Waals surface area (Å²) in [5.74, 6) is 0.688. The van der Waals surface area contributed by atoms with Gasteiger partial charge in [-0.2, -0.15) is 0 Å². The van der Waals surface area contributed by atoms with Gasteiger partial charge in [-0.05, 0) is 25.8 Å². The van der Waals surface area contributed by atoms with Crippen LogP contribution >= 0.6 is 0 Å². The fraction of sp³-hybridized carbons (Fsp3) is 0.900. The van der Waals surface area contributed by atoms with E-state index in [2.05, 4.69) is 10.6 Å². The highest BCUT2D eigenvalue weighted by atomic mass is 16.1. The van der Waals surface area contributed by atoms with Crippen LogP contribution in [0.15, 0.2) is 0 Å². The summed E-state index contributed by atoms with van der Waals surface area (Å²) in [6.45, 7) is 1.58. The van der Waals surface area contributed by atoms with Crippen LogP contribution in [0.5, 0.6) is 0 Å². The molecule has 1 unspecified atom stereocenters. The smallest absolute Gasteiger partial charge is 0.218 e. The maximum atomic E-state index is 10.9. The van der Waals surface area contributed by atoms with E-state index in [1.54, 1.807) is 6.92 Å². The minimum Gasteiger partial charge on any atom is -0.341 e. The molecule has 0 aromatic rings. The molecule has 2 N–H and O–H groups in total. The summed E-state index contributed by atoms with van der Waals surface area (Å²) in [6.07, 6.45) is 6.63. The van der Waals surface area contributed by atoms with Gasteiger partial charge in [0.05, 0.1) is 6.17 Å². The van der Waals surface area contributed by atoms with E-state index in [1.807, 2.05) is 7.05 Å². The predicted molar refractivity (Wildman–Crippen MR) is 53.2 cm³/mol. The third kappa shape index (κ3) is 3.35. The molecule has 13 heavy (non-hydrogen) atoms. The van der Waals surface area contributed by atoms with Crippen molar-refractivity contribution in [2.45, 2.75) is 45.2 Å². The van der Waals surface area contributed by atoms with E-state index < -0.39 is 0 Å². The van der Waals surface area contributed by atoms with Crippen LogP contribution in [0, 0.1) is 5.92 Å². The maximum absolute atomic E-state index is 10.9. The Balaban J connectivity index is 2.39. The lowest BCUT2D eigenvalue weighted by Gasteiger charge is -2.30. The first kappa shape index (κ1) is 10.5. The topological polar surface area (TPSA) is 41.1 Å². The van der Waals surface area contributed by atoms with E-state index in [9.17, 15) is 4.79 Å². The molecule has 0 spiro atoms. The molecule has 0 heterocycles. The molecular formula is C10H20N2O. The first-order chi connectivity index (χ1) is 6.24. The number of carbonyl (C=O) groups is 1. The number of nitrogens with one attached hydrogen (secondary N) is 2. The van der Waals surface area contributed by atoms with Gasteiger partial charge in [0.15, 0.2) is 0 Å². The molecule has 1 rings (SSSR count). The van der Waals surface area contributed by atoms with Gasteiger partial charge >= 0.3 is 0 Å². The van der Waals surface area contributed by atoms with Gasteiger partial charge in [-0.1, -0.05) is 19.3 Å². The Morgan fingerprint density at radius 1 is 1.31 bits per heavy atom. The third-order valence-electron chi connectivity index (χ3n) is 2.79. The van der Waals surface area contributed by atoms with E-state index in [1.165, 1.54) is 32.1 Å². The second kappa shape index (κ2) is 5.22.